The summed E-state index contributed by atoms with van der Waals surface area (Å²) in [7, 11) is 107. The zero-order valence-electron chi connectivity index (χ0n) is 25.5. The number of rotatable bonds is 0. The van der Waals surface area contributed by atoms with Gasteiger partial charge in [-0.2, -0.15) is 0 Å². The third kappa shape index (κ3) is 73.5. The van der Waals surface area contributed by atoms with Crippen molar-refractivity contribution in [2.24, 2.45) is 0 Å². The molecule has 0 aliphatic heterocycles. The molecule has 0 aromatic rings. The van der Waals surface area contributed by atoms with Crippen LogP contribution in [0.4, 0.5) is 0 Å². The topological polar surface area (TPSA) is 0 Å². The smallest absolute Gasteiger partial charge is 0 e. The third-order valence-electron chi connectivity index (χ3n) is 1.65. The van der Waals surface area contributed by atoms with Gasteiger partial charge >= 0.3 is 114 Å². The average Bonchev–Trinajstić information content (AvgIpc) is 3.28. The molecule has 0 bridgehead atoms. The molecule has 0 aliphatic carbocycles. The SMILES string of the molecule is [B]=S=S=S=S=S=S=S=S=S=S=S=S=S=S=S=S=S=S=S=S=S=S=S=S=S=S=S=S=S=S=S=S=S=S=S=S=S=S=S=S=S=S=S=S=S=S=S=S=S=S=S=S=S=S=S=S=S=S=S=S=S. The van der Waals surface area contributed by atoms with E-state index in [2.05, 4.69) is 0 Å². The van der Waals surface area contributed by atoms with Gasteiger partial charge in [0.25, 0.3) is 0 Å². The molecular formula is BS61. The second kappa shape index (κ2) is 74.5. The van der Waals surface area contributed by atoms with Gasteiger partial charge in [0.15, 0.2) is 0 Å². The van der Waals surface area contributed by atoms with Gasteiger partial charge in [-0.25, -0.2) is 0 Å². The van der Waals surface area contributed by atoms with Crippen LogP contribution in [0.15, 0.2) is 0 Å². The Morgan fingerprint density at radius 2 is 0.210 bits per heavy atom. The Labute approximate surface area is 534 Å². The van der Waals surface area contributed by atoms with E-state index in [1.807, 2.05) is 400 Å². The Balaban J connectivity index is 6.12. The van der Waals surface area contributed by atoms with E-state index in [0.717, 1.165) is 0 Å². The van der Waals surface area contributed by atoms with E-state index in [-0.39, 0.29) is 0 Å². The second-order valence-corrected chi connectivity index (χ2v) is 109. The summed E-state index contributed by atoms with van der Waals surface area (Å²) in [4.78, 5) is 0. The van der Waals surface area contributed by atoms with Crippen LogP contribution in [0.1, 0.15) is 0 Å². The molecule has 0 aromatic heterocycles. The minimum atomic E-state index is 1.29. The van der Waals surface area contributed by atoms with Gasteiger partial charge in [-0.05, 0) is 0 Å². The molecule has 0 saturated carbocycles. The normalized spacial score (nSPS) is 7.79. The zero-order valence-corrected chi connectivity index (χ0v) is 75.3. The summed E-state index contributed by atoms with van der Waals surface area (Å²) in [5.41, 5.74) is 0. The summed E-state index contributed by atoms with van der Waals surface area (Å²) in [5.74, 6) is 0. The maximum atomic E-state index is 5.36. The standard InChI is InChI=1S/BS61/c1-3-5-7-9-11-13-15-17-19-21-23-25-27-29-31-33-35-37-39-41-43-45-47-49-51-53-55-57-59-61-62-60-58-56-54-52-50-48-46-44-42-40-38-36-34-32-30-28-26-24-22-20-18-16-14-12-10-8-6-4-2. The average molecular weight is 1970 g/mol. The predicted molar refractivity (Wildman–Crippen MR) is 455 cm³/mol. The Morgan fingerprint density at radius 3 is 0.290 bits per heavy atom. The van der Waals surface area contributed by atoms with Gasteiger partial charge in [0.1, 0.15) is 0 Å². The minimum absolute atomic E-state index is 1.29. The maximum absolute atomic E-state index is 5.36. The van der Waals surface area contributed by atoms with Gasteiger partial charge in [-0.15, -0.1) is 0 Å². The van der Waals surface area contributed by atoms with E-state index in [0.29, 0.717) is 0 Å². The van der Waals surface area contributed by atoms with Crippen molar-refractivity contribution in [2.75, 3.05) is 0 Å². The first-order valence-electron chi connectivity index (χ1n) is 10.2. The van der Waals surface area contributed by atoms with Crippen LogP contribution in [0.5, 0.6) is 0 Å². The van der Waals surface area contributed by atoms with Gasteiger partial charge in [0.05, 0.1) is 0 Å². The number of hydrogen-bond donors (Lipinski definition) is 0. The summed E-state index contributed by atoms with van der Waals surface area (Å²) in [5, 5.41) is 0. The molecule has 0 rings (SSSR count). The molecule has 0 nitrogen and oxygen atoms in total. The van der Waals surface area contributed by atoms with Gasteiger partial charge in [0.2, 0.25) is 0 Å². The summed E-state index contributed by atoms with van der Waals surface area (Å²) < 4.78 is 0. The molecular weight excluding hydrogens is 1970 g/mol. The van der Waals surface area contributed by atoms with Crippen molar-refractivity contribution in [1.29, 1.82) is 0 Å². The predicted octanol–water partition coefficient (Wildman–Crippen LogP) is -0.527. The van der Waals surface area contributed by atoms with E-state index in [1.165, 1.54) is 18.6 Å². The summed E-state index contributed by atoms with van der Waals surface area (Å²) in [6.07, 6.45) is 0. The Hall–Kier alpha value is 13.5. The van der Waals surface area contributed by atoms with Crippen LogP contribution in [-0.2, 0) is 545 Å². The molecule has 0 unspecified atom stereocenters. The third-order valence-corrected chi connectivity index (χ3v) is 132. The molecule has 0 heterocycles. The van der Waals surface area contributed by atoms with E-state index < -0.39 is 0 Å². The van der Waals surface area contributed by atoms with Crippen LogP contribution < -0.4 is 0 Å². The molecule has 0 aromatic carbocycles. The molecule has 369 valence electrons. The zero-order chi connectivity index (χ0) is 44.4. The molecule has 62 heavy (non-hydrogen) atoms. The first kappa shape index (κ1) is 75.5. The first-order chi connectivity index (χ1) is 30.9. The molecule has 0 fully saturated rings. The van der Waals surface area contributed by atoms with Crippen molar-refractivity contribution in [1.82, 2.24) is 0 Å². The van der Waals surface area contributed by atoms with E-state index in [4.69, 9.17) is 17.9 Å². The van der Waals surface area contributed by atoms with Gasteiger partial charge < -0.3 is 0 Å². The van der Waals surface area contributed by atoms with Crippen molar-refractivity contribution < 1.29 is 0 Å². The van der Waals surface area contributed by atoms with E-state index in [9.17, 15) is 0 Å². The van der Waals surface area contributed by atoms with E-state index in [1.54, 1.807) is 115 Å². The molecule has 0 aliphatic rings. The quantitative estimate of drug-likeness (QED) is 0.295. The van der Waals surface area contributed by atoms with Crippen molar-refractivity contribution in [3.05, 3.63) is 0 Å². The fraction of sp³-hybridized carbons (Fsp3) is 0. The van der Waals surface area contributed by atoms with Crippen molar-refractivity contribution in [3.8, 4) is 0 Å². The van der Waals surface area contributed by atoms with Crippen molar-refractivity contribution in [2.45, 2.75) is 0 Å². The van der Waals surface area contributed by atoms with Crippen LogP contribution in [0.3, 0.4) is 0 Å². The van der Waals surface area contributed by atoms with Crippen LogP contribution in [0.25, 0.3) is 0 Å². The molecule has 0 saturated heterocycles. The van der Waals surface area contributed by atoms with Gasteiger partial charge in [0, 0.05) is 437 Å². The van der Waals surface area contributed by atoms with Crippen LogP contribution in [0, 0.1) is 0 Å². The summed E-state index contributed by atoms with van der Waals surface area (Å²) in [6, 6.07) is 0. The Bertz CT molecular complexity index is 4180. The summed E-state index contributed by atoms with van der Waals surface area (Å²) in [6.45, 7) is 5.36. The van der Waals surface area contributed by atoms with Gasteiger partial charge in [-0.1, -0.05) is 0 Å². The first-order valence-corrected chi connectivity index (χ1v) is 90.7. The fourth-order valence-corrected chi connectivity index (χ4v) is 158. The molecule has 0 N–H and O–H groups in total. The minimum Gasteiger partial charge on any atom is 0 e. The molecule has 62 heteroatoms. The van der Waals surface area contributed by atoms with Gasteiger partial charge in [-0.3, -0.25) is 0 Å². The van der Waals surface area contributed by atoms with Crippen molar-refractivity contribution >= 4 is 552 Å². The Kier molecular flexibility index (Phi) is 90.7. The van der Waals surface area contributed by atoms with E-state index >= 15 is 0 Å². The summed E-state index contributed by atoms with van der Waals surface area (Å²) >= 11 is 4.82. The van der Waals surface area contributed by atoms with Crippen molar-refractivity contribution in [3.63, 3.8) is 0 Å². The monoisotopic (exact) mass is 1960 g/mol. The molecule has 0 spiro atoms. The molecule has 0 amide bonds. The molecule has 0 atom stereocenters. The Morgan fingerprint density at radius 1 is 0.129 bits per heavy atom. The fourth-order valence-electron chi connectivity index (χ4n) is 0.662. The van der Waals surface area contributed by atoms with Crippen LogP contribution in [0.2, 0.25) is 0 Å². The molecule has 1 radical (unpaired) electrons. The second-order valence-electron chi connectivity index (χ2n) is 4.11. The number of hydrogen-bond acceptors (Lipinski definition) is 1. The van der Waals surface area contributed by atoms with Crippen LogP contribution in [-0.4, -0.2) is 6.72 Å². The van der Waals surface area contributed by atoms with Crippen LogP contribution >= 0.6 is 0 Å².